The molecule has 1 aromatic heterocycles. The van der Waals surface area contributed by atoms with Crippen molar-refractivity contribution in [3.05, 3.63) is 18.7 Å². The second-order valence-electron chi connectivity index (χ2n) is 3.60. The van der Waals surface area contributed by atoms with Crippen molar-refractivity contribution in [3.8, 4) is 0 Å². The number of rotatable bonds is 6. The van der Waals surface area contributed by atoms with Gasteiger partial charge in [0.15, 0.2) is 0 Å². The Hall–Kier alpha value is 0.650. The first-order valence-corrected chi connectivity index (χ1v) is 5.41. The van der Waals surface area contributed by atoms with Gasteiger partial charge in [0.05, 0.1) is 13.1 Å². The van der Waals surface area contributed by atoms with Crippen molar-refractivity contribution < 1.29 is 4.57 Å². The Labute approximate surface area is 131 Å². The van der Waals surface area contributed by atoms with Crippen LogP contribution in [0.15, 0.2) is 18.7 Å². The Morgan fingerprint density at radius 2 is 1.62 bits per heavy atom. The van der Waals surface area contributed by atoms with Gasteiger partial charge < -0.3 is 0 Å². The number of imidazole rings is 1. The molecule has 0 saturated heterocycles. The van der Waals surface area contributed by atoms with E-state index in [1.165, 1.54) is 25.7 Å². The van der Waals surface area contributed by atoms with Crippen molar-refractivity contribution in [1.29, 1.82) is 0 Å². The molecule has 0 saturated carbocycles. The Kier molecular flexibility index (Phi) is 18.8. The minimum atomic E-state index is 0. The quantitative estimate of drug-likeness (QED) is 0.609. The lowest BCUT2D eigenvalue weighted by Crippen LogP contribution is -2.30. The number of aryl methyl sites for hydroxylation is 2. The van der Waals surface area contributed by atoms with Crippen molar-refractivity contribution >= 4 is 50.9 Å². The van der Waals surface area contributed by atoms with Crippen LogP contribution in [0.1, 0.15) is 39.5 Å². The molecule has 98 valence electrons. The average Bonchev–Trinajstić information content (AvgIpc) is 2.59. The zero-order valence-electron chi connectivity index (χ0n) is 10.1. The van der Waals surface area contributed by atoms with Crippen LogP contribution in [0, 0.1) is 0 Å². The predicted molar refractivity (Wildman–Crippen MR) is 85.4 cm³/mol. The lowest BCUT2D eigenvalue weighted by atomic mass is 10.3. The summed E-state index contributed by atoms with van der Waals surface area (Å²) in [5, 5.41) is 0. The van der Waals surface area contributed by atoms with Crippen LogP contribution in [0.3, 0.4) is 0 Å². The van der Waals surface area contributed by atoms with Gasteiger partial charge in [-0.05, 0) is 12.8 Å². The molecule has 1 aromatic rings. The summed E-state index contributed by atoms with van der Waals surface area (Å²) in [4.78, 5) is 0. The fourth-order valence-corrected chi connectivity index (χ4v) is 1.38. The van der Waals surface area contributed by atoms with Gasteiger partial charge in [0.2, 0.25) is 6.33 Å². The summed E-state index contributed by atoms with van der Waals surface area (Å²) in [6.07, 6.45) is 11.7. The molecule has 0 amide bonds. The molecular weight excluding hydrogens is 400 g/mol. The highest BCUT2D eigenvalue weighted by molar-refractivity contribution is 8.93. The van der Waals surface area contributed by atoms with E-state index in [0.29, 0.717) is 0 Å². The monoisotopic (exact) mass is 421 g/mol. The topological polar surface area (TPSA) is 8.81 Å². The lowest BCUT2D eigenvalue weighted by Gasteiger charge is -1.93. The van der Waals surface area contributed by atoms with E-state index < -0.39 is 0 Å². The standard InChI is InChI=1S/C11H21N2.3BrH/c1-3-5-7-12-9-10-13(11-12)8-6-4-2;;;/h9-11H,3-8H2,1-2H3;3*1H/q+1;;;. The maximum absolute atomic E-state index is 2.28. The van der Waals surface area contributed by atoms with Gasteiger partial charge in [-0.2, -0.15) is 0 Å². The molecule has 5 heteroatoms. The van der Waals surface area contributed by atoms with E-state index >= 15 is 0 Å². The van der Waals surface area contributed by atoms with Crippen molar-refractivity contribution in [1.82, 2.24) is 4.57 Å². The van der Waals surface area contributed by atoms with Gasteiger partial charge in [-0.25, -0.2) is 9.13 Å². The smallest absolute Gasteiger partial charge is 0.237 e. The average molecular weight is 424 g/mol. The van der Waals surface area contributed by atoms with Crippen LogP contribution in [0.2, 0.25) is 0 Å². The number of aromatic nitrogens is 2. The normalized spacial score (nSPS) is 8.62. The van der Waals surface area contributed by atoms with Gasteiger partial charge in [-0.15, -0.1) is 50.9 Å². The maximum Gasteiger partial charge on any atom is 0.243 e. The molecule has 2 nitrogen and oxygen atoms in total. The maximum atomic E-state index is 2.28. The van der Waals surface area contributed by atoms with Crippen LogP contribution in [0.5, 0.6) is 0 Å². The molecule has 0 aliphatic heterocycles. The minimum absolute atomic E-state index is 0. The first-order chi connectivity index (χ1) is 6.36. The molecule has 0 aliphatic rings. The third-order valence-electron chi connectivity index (χ3n) is 2.29. The second-order valence-corrected chi connectivity index (χ2v) is 3.60. The molecule has 0 N–H and O–H groups in total. The van der Waals surface area contributed by atoms with Crippen molar-refractivity contribution in [3.63, 3.8) is 0 Å². The molecule has 0 aliphatic carbocycles. The van der Waals surface area contributed by atoms with Gasteiger partial charge in [0.1, 0.15) is 12.4 Å². The Balaban J connectivity index is -0.000000563. The second kappa shape index (κ2) is 13.7. The number of hydrogen-bond acceptors (Lipinski definition) is 0. The summed E-state index contributed by atoms with van der Waals surface area (Å²) < 4.78 is 4.55. The van der Waals surface area contributed by atoms with Crippen LogP contribution >= 0.6 is 50.9 Å². The lowest BCUT2D eigenvalue weighted by molar-refractivity contribution is -0.696. The Morgan fingerprint density at radius 3 is 2.19 bits per heavy atom. The van der Waals surface area contributed by atoms with Crippen LogP contribution < -0.4 is 4.57 Å². The van der Waals surface area contributed by atoms with E-state index in [2.05, 4.69) is 41.7 Å². The highest BCUT2D eigenvalue weighted by Crippen LogP contribution is 1.93. The van der Waals surface area contributed by atoms with Crippen molar-refractivity contribution in [2.24, 2.45) is 0 Å². The summed E-state index contributed by atoms with van der Waals surface area (Å²) >= 11 is 0. The van der Waals surface area contributed by atoms with Crippen LogP contribution in [0.4, 0.5) is 0 Å². The van der Waals surface area contributed by atoms with Crippen LogP contribution in [0.25, 0.3) is 0 Å². The van der Waals surface area contributed by atoms with Gasteiger partial charge >= 0.3 is 0 Å². The third kappa shape index (κ3) is 8.76. The number of nitrogens with zero attached hydrogens (tertiary/aromatic N) is 2. The first kappa shape index (κ1) is 21.9. The molecule has 0 fully saturated rings. The molecular formula is C11H24Br3N2+. The molecule has 0 radical (unpaired) electrons. The first-order valence-electron chi connectivity index (χ1n) is 5.41. The zero-order valence-corrected chi connectivity index (χ0v) is 15.2. The summed E-state index contributed by atoms with van der Waals surface area (Å²) in [6.45, 7) is 6.79. The SMILES string of the molecule is Br.Br.Br.CCCCn1cc[n+](CCCC)c1. The number of hydrogen-bond donors (Lipinski definition) is 0. The van der Waals surface area contributed by atoms with Crippen LogP contribution in [-0.4, -0.2) is 4.57 Å². The van der Waals surface area contributed by atoms with E-state index in [1.807, 2.05) is 0 Å². The molecule has 1 rings (SSSR count). The molecule has 0 spiro atoms. The van der Waals surface area contributed by atoms with E-state index in [0.717, 1.165) is 13.1 Å². The van der Waals surface area contributed by atoms with E-state index in [1.54, 1.807) is 0 Å². The molecule has 0 bridgehead atoms. The predicted octanol–water partition coefficient (Wildman–Crippen LogP) is 4.11. The Morgan fingerprint density at radius 1 is 1.00 bits per heavy atom. The van der Waals surface area contributed by atoms with Crippen molar-refractivity contribution in [2.45, 2.75) is 52.6 Å². The zero-order chi connectivity index (χ0) is 9.52. The third-order valence-corrected chi connectivity index (χ3v) is 2.29. The van der Waals surface area contributed by atoms with Crippen molar-refractivity contribution in [2.75, 3.05) is 0 Å². The summed E-state index contributed by atoms with van der Waals surface area (Å²) in [5.41, 5.74) is 0. The molecule has 0 aromatic carbocycles. The summed E-state index contributed by atoms with van der Waals surface area (Å²) in [6, 6.07) is 0. The molecule has 16 heavy (non-hydrogen) atoms. The molecule has 1 heterocycles. The largest absolute Gasteiger partial charge is 0.243 e. The van der Waals surface area contributed by atoms with Crippen LogP contribution in [-0.2, 0) is 13.1 Å². The summed E-state index contributed by atoms with van der Waals surface area (Å²) in [7, 11) is 0. The van der Waals surface area contributed by atoms with Gasteiger partial charge in [-0.3, -0.25) is 0 Å². The minimum Gasteiger partial charge on any atom is -0.237 e. The fraction of sp³-hybridized carbons (Fsp3) is 0.727. The van der Waals surface area contributed by atoms with E-state index in [-0.39, 0.29) is 50.9 Å². The fourth-order valence-electron chi connectivity index (χ4n) is 1.38. The van der Waals surface area contributed by atoms with Gasteiger partial charge in [-0.1, -0.05) is 26.7 Å². The van der Waals surface area contributed by atoms with E-state index in [4.69, 9.17) is 0 Å². The van der Waals surface area contributed by atoms with E-state index in [9.17, 15) is 0 Å². The summed E-state index contributed by atoms with van der Waals surface area (Å²) in [5.74, 6) is 0. The number of unbranched alkanes of at least 4 members (excludes halogenated alkanes) is 2. The highest BCUT2D eigenvalue weighted by Gasteiger charge is 2.01. The van der Waals surface area contributed by atoms with Gasteiger partial charge in [0.25, 0.3) is 0 Å². The number of halogens is 3. The molecule has 0 atom stereocenters. The Bertz CT molecular complexity index is 216. The molecule has 0 unspecified atom stereocenters. The highest BCUT2D eigenvalue weighted by atomic mass is 79.9. The van der Waals surface area contributed by atoms with Gasteiger partial charge in [0, 0.05) is 0 Å².